The average molecular weight is 558 g/mol. The number of hydrogen-bond donors (Lipinski definition) is 0. The van der Waals surface area contributed by atoms with Crippen molar-refractivity contribution in [2.75, 3.05) is 13.7 Å². The summed E-state index contributed by atoms with van der Waals surface area (Å²) in [6.45, 7) is 11.4. The minimum atomic E-state index is -0.757. The molecule has 0 radical (unpaired) electrons. The van der Waals surface area contributed by atoms with Gasteiger partial charge in [0.15, 0.2) is 23.3 Å². The van der Waals surface area contributed by atoms with E-state index in [1.54, 1.807) is 6.92 Å². The second-order valence-corrected chi connectivity index (χ2v) is 9.76. The third-order valence-electron chi connectivity index (χ3n) is 6.72. The lowest BCUT2D eigenvalue weighted by Gasteiger charge is -2.32. The zero-order chi connectivity index (χ0) is 29.7. The minimum Gasteiger partial charge on any atom is -0.493 e. The summed E-state index contributed by atoms with van der Waals surface area (Å²) in [5.41, 5.74) is -0.0759. The molecule has 1 aromatic heterocycles. The molecule has 2 aromatic rings. The number of aromatic nitrogens is 1. The molecule has 0 saturated heterocycles. The number of ketones is 1. The van der Waals surface area contributed by atoms with Gasteiger partial charge in [-0.05, 0) is 37.8 Å². The SMILES string of the molecule is CCCO[C@@H](CC)[C@@H](Oc1ccccc1)[C@H](C)OC(=O)[C@@H](CC(=O)c1nccc(OC)c1OC(C)=O)[C@@H](C)CC. The van der Waals surface area contributed by atoms with E-state index >= 15 is 0 Å². The zero-order valence-corrected chi connectivity index (χ0v) is 24.7. The summed E-state index contributed by atoms with van der Waals surface area (Å²) in [5.74, 6) is -1.74. The van der Waals surface area contributed by atoms with Gasteiger partial charge in [0.25, 0.3) is 0 Å². The van der Waals surface area contributed by atoms with Crippen molar-refractivity contribution in [2.45, 2.75) is 85.5 Å². The molecule has 2 rings (SSSR count). The van der Waals surface area contributed by atoms with Gasteiger partial charge >= 0.3 is 11.9 Å². The number of carbonyl (C=O) groups excluding carboxylic acids is 3. The van der Waals surface area contributed by atoms with Gasteiger partial charge in [-0.2, -0.15) is 0 Å². The molecule has 1 heterocycles. The molecule has 0 unspecified atom stereocenters. The summed E-state index contributed by atoms with van der Waals surface area (Å²) < 4.78 is 28.8. The smallest absolute Gasteiger partial charge is 0.310 e. The Hall–Kier alpha value is -3.46. The Morgan fingerprint density at radius 1 is 0.975 bits per heavy atom. The van der Waals surface area contributed by atoms with Gasteiger partial charge in [0.1, 0.15) is 11.9 Å². The van der Waals surface area contributed by atoms with Gasteiger partial charge in [0.2, 0.25) is 5.75 Å². The Balaban J connectivity index is 2.30. The number of benzene rings is 1. The van der Waals surface area contributed by atoms with Gasteiger partial charge in [-0.3, -0.25) is 14.4 Å². The Morgan fingerprint density at radius 2 is 1.68 bits per heavy atom. The summed E-state index contributed by atoms with van der Waals surface area (Å²) in [6.07, 6.45) is 1.83. The average Bonchev–Trinajstić information content (AvgIpc) is 2.95. The number of carbonyl (C=O) groups is 3. The van der Waals surface area contributed by atoms with Gasteiger partial charge in [-0.15, -0.1) is 0 Å². The van der Waals surface area contributed by atoms with Gasteiger partial charge in [0.05, 0.1) is 19.1 Å². The van der Waals surface area contributed by atoms with Crippen LogP contribution in [-0.4, -0.2) is 54.7 Å². The molecule has 220 valence electrons. The number of nitrogens with zero attached hydrogens (tertiary/aromatic N) is 1. The second-order valence-electron chi connectivity index (χ2n) is 9.76. The van der Waals surface area contributed by atoms with Crippen molar-refractivity contribution in [3.63, 3.8) is 0 Å². The molecular weight excluding hydrogens is 514 g/mol. The van der Waals surface area contributed by atoms with Crippen molar-refractivity contribution in [2.24, 2.45) is 11.8 Å². The maximum Gasteiger partial charge on any atom is 0.310 e. The zero-order valence-electron chi connectivity index (χ0n) is 24.7. The van der Waals surface area contributed by atoms with Crippen molar-refractivity contribution in [3.05, 3.63) is 48.3 Å². The quantitative estimate of drug-likeness (QED) is 0.175. The molecular formula is C31H43NO8. The first-order chi connectivity index (χ1) is 19.2. The molecule has 0 bridgehead atoms. The number of hydrogen-bond acceptors (Lipinski definition) is 9. The Labute approximate surface area is 237 Å². The molecule has 1 aromatic carbocycles. The number of Topliss-reactive ketones (excluding diaryl/α,β-unsaturated/α-hetero) is 1. The van der Waals surface area contributed by atoms with E-state index < -0.39 is 35.8 Å². The molecule has 0 aliphatic carbocycles. The van der Waals surface area contributed by atoms with E-state index in [-0.39, 0.29) is 35.6 Å². The highest BCUT2D eigenvalue weighted by Gasteiger charge is 2.36. The first-order valence-corrected chi connectivity index (χ1v) is 13.9. The molecule has 0 spiro atoms. The maximum absolute atomic E-state index is 13.6. The van der Waals surface area contributed by atoms with Crippen LogP contribution in [0, 0.1) is 11.8 Å². The summed E-state index contributed by atoms with van der Waals surface area (Å²) in [7, 11) is 1.40. The maximum atomic E-state index is 13.6. The summed E-state index contributed by atoms with van der Waals surface area (Å²) in [5, 5.41) is 0. The predicted molar refractivity (Wildman–Crippen MR) is 151 cm³/mol. The van der Waals surface area contributed by atoms with Crippen LogP contribution in [0.1, 0.15) is 77.7 Å². The van der Waals surface area contributed by atoms with Crippen molar-refractivity contribution >= 4 is 17.7 Å². The van der Waals surface area contributed by atoms with Crippen LogP contribution < -0.4 is 14.2 Å². The molecule has 9 nitrogen and oxygen atoms in total. The van der Waals surface area contributed by atoms with Gasteiger partial charge < -0.3 is 23.7 Å². The fourth-order valence-corrected chi connectivity index (χ4v) is 4.31. The summed E-state index contributed by atoms with van der Waals surface area (Å²) in [6, 6.07) is 10.8. The molecule has 0 amide bonds. The number of pyridine rings is 1. The van der Waals surface area contributed by atoms with Crippen LogP contribution in [0.15, 0.2) is 42.6 Å². The van der Waals surface area contributed by atoms with Crippen molar-refractivity contribution in [1.29, 1.82) is 0 Å². The van der Waals surface area contributed by atoms with E-state index in [1.807, 2.05) is 58.0 Å². The van der Waals surface area contributed by atoms with Gasteiger partial charge in [-0.1, -0.05) is 52.3 Å². The van der Waals surface area contributed by atoms with Crippen LogP contribution in [0.25, 0.3) is 0 Å². The van der Waals surface area contributed by atoms with E-state index in [0.717, 1.165) is 6.42 Å². The van der Waals surface area contributed by atoms with Crippen molar-refractivity contribution in [3.8, 4) is 17.2 Å². The Bertz CT molecular complexity index is 1090. The van der Waals surface area contributed by atoms with Crippen LogP contribution in [0.5, 0.6) is 17.2 Å². The number of ether oxygens (including phenoxy) is 5. The summed E-state index contributed by atoms with van der Waals surface area (Å²) in [4.78, 5) is 42.8. The normalized spacial score (nSPS) is 14.8. The van der Waals surface area contributed by atoms with Gasteiger partial charge in [0, 0.05) is 32.2 Å². The van der Waals surface area contributed by atoms with Crippen molar-refractivity contribution < 1.29 is 38.1 Å². The van der Waals surface area contributed by atoms with Crippen LogP contribution in [0.2, 0.25) is 0 Å². The molecule has 0 saturated carbocycles. The lowest BCUT2D eigenvalue weighted by molar-refractivity contribution is -0.165. The molecule has 0 aliphatic heterocycles. The topological polar surface area (TPSA) is 110 Å². The van der Waals surface area contributed by atoms with Gasteiger partial charge in [-0.25, -0.2) is 4.98 Å². The molecule has 0 fully saturated rings. The van der Waals surface area contributed by atoms with E-state index in [9.17, 15) is 14.4 Å². The van der Waals surface area contributed by atoms with Crippen LogP contribution in [0.4, 0.5) is 0 Å². The first kappa shape index (κ1) is 32.8. The van der Waals surface area contributed by atoms with E-state index in [4.69, 9.17) is 23.7 Å². The molecule has 40 heavy (non-hydrogen) atoms. The predicted octanol–water partition coefficient (Wildman–Crippen LogP) is 5.84. The number of esters is 2. The standard InChI is InChI=1S/C31H43NO8/c1-8-18-37-26(10-3)29(40-23-14-12-11-13-15-23)21(5)38-31(35)24(20(4)9-2)19-25(34)28-30(39-22(6)33)27(36-7)16-17-32-28/h11-17,20-21,24,26,29H,8-10,18-19H2,1-7H3/t20-,21-,24-,26-,29-/m0/s1. The van der Waals surface area contributed by atoms with Crippen LogP contribution in [-0.2, 0) is 19.1 Å². The second kappa shape index (κ2) is 16.6. The number of para-hydroxylation sites is 1. The summed E-state index contributed by atoms with van der Waals surface area (Å²) >= 11 is 0. The Kier molecular flexibility index (Phi) is 13.6. The van der Waals surface area contributed by atoms with Crippen LogP contribution >= 0.6 is 0 Å². The third-order valence-corrected chi connectivity index (χ3v) is 6.72. The monoisotopic (exact) mass is 557 g/mol. The molecule has 0 aliphatic rings. The fraction of sp³-hybridized carbons (Fsp3) is 0.548. The van der Waals surface area contributed by atoms with E-state index in [2.05, 4.69) is 4.98 Å². The highest BCUT2D eigenvalue weighted by Crippen LogP contribution is 2.33. The van der Waals surface area contributed by atoms with E-state index in [0.29, 0.717) is 25.2 Å². The molecule has 0 N–H and O–H groups in total. The van der Waals surface area contributed by atoms with Crippen molar-refractivity contribution in [1.82, 2.24) is 4.98 Å². The number of rotatable bonds is 17. The lowest BCUT2D eigenvalue weighted by Crippen LogP contribution is -2.45. The molecule has 9 heteroatoms. The van der Waals surface area contributed by atoms with Crippen LogP contribution in [0.3, 0.4) is 0 Å². The minimum absolute atomic E-state index is 0.0673. The van der Waals surface area contributed by atoms with E-state index in [1.165, 1.54) is 26.3 Å². The molecule has 5 atom stereocenters. The fourth-order valence-electron chi connectivity index (χ4n) is 4.31. The highest BCUT2D eigenvalue weighted by molar-refractivity contribution is 6.00. The Morgan fingerprint density at radius 3 is 2.25 bits per heavy atom. The third kappa shape index (κ3) is 9.33. The number of methoxy groups -OCH3 is 1. The largest absolute Gasteiger partial charge is 0.493 e. The highest BCUT2D eigenvalue weighted by atomic mass is 16.6. The first-order valence-electron chi connectivity index (χ1n) is 13.9. The lowest BCUT2D eigenvalue weighted by atomic mass is 9.86.